The zero-order chi connectivity index (χ0) is 18.7. The Hall–Kier alpha value is -2.19. The minimum absolute atomic E-state index is 0.239. The topological polar surface area (TPSA) is 58.6 Å². The molecule has 1 aliphatic heterocycles. The molecule has 26 heavy (non-hydrogen) atoms. The Morgan fingerprint density at radius 3 is 2.15 bits per heavy atom. The molecule has 5 nitrogen and oxygen atoms in total. The number of rotatable bonds is 5. The van der Waals surface area contributed by atoms with Crippen LogP contribution in [0.25, 0.3) is 0 Å². The first-order valence-corrected chi connectivity index (χ1v) is 9.73. The molecule has 3 rings (SSSR count). The lowest BCUT2D eigenvalue weighted by molar-refractivity contribution is 0.0819. The van der Waals surface area contributed by atoms with Gasteiger partial charge in [-0.1, -0.05) is 6.07 Å². The summed E-state index contributed by atoms with van der Waals surface area (Å²) in [6, 6.07) is 9.65. The largest absolute Gasteiger partial charge is 0.381 e. The summed E-state index contributed by atoms with van der Waals surface area (Å²) in [5.41, 5.74) is 1.20. The Balaban J connectivity index is 1.73. The fraction of sp³-hybridized carbons (Fsp3) is 0.333. The zero-order valence-corrected chi connectivity index (χ0v) is 15.1. The van der Waals surface area contributed by atoms with Crippen LogP contribution in [0.5, 0.6) is 0 Å². The third kappa shape index (κ3) is 3.96. The number of hydrogen-bond acceptors (Lipinski definition) is 4. The molecule has 0 aromatic heterocycles. The van der Waals surface area contributed by atoms with Crippen LogP contribution in [0.2, 0.25) is 0 Å². The normalized spacial score (nSPS) is 15.9. The van der Waals surface area contributed by atoms with Crippen molar-refractivity contribution in [2.24, 2.45) is 0 Å². The quantitative estimate of drug-likeness (QED) is 0.861. The molecule has 1 saturated heterocycles. The summed E-state index contributed by atoms with van der Waals surface area (Å²) < 4.78 is 59.6. The van der Waals surface area contributed by atoms with Crippen LogP contribution in [0.4, 0.5) is 20.2 Å². The van der Waals surface area contributed by atoms with E-state index in [9.17, 15) is 17.2 Å². The standard InChI is InChI=1S/C18H20F2N2O3S/c1-25-15-9-11-22(12-10-15)14-7-5-13(6-8-14)21-26(23,24)18-16(19)3-2-4-17(18)20/h2-8,15,21H,9-12H2,1H3. The Labute approximate surface area is 151 Å². The van der Waals surface area contributed by atoms with Crippen molar-refractivity contribution in [2.45, 2.75) is 23.8 Å². The van der Waals surface area contributed by atoms with Gasteiger partial charge in [0.05, 0.1) is 6.10 Å². The van der Waals surface area contributed by atoms with Crippen molar-refractivity contribution in [1.29, 1.82) is 0 Å². The van der Waals surface area contributed by atoms with Crippen molar-refractivity contribution in [3.63, 3.8) is 0 Å². The van der Waals surface area contributed by atoms with Crippen LogP contribution >= 0.6 is 0 Å². The van der Waals surface area contributed by atoms with Gasteiger partial charge in [0, 0.05) is 31.6 Å². The second-order valence-electron chi connectivity index (χ2n) is 6.13. The van der Waals surface area contributed by atoms with Crippen molar-refractivity contribution in [2.75, 3.05) is 29.8 Å². The van der Waals surface area contributed by atoms with Crippen LogP contribution in [0.1, 0.15) is 12.8 Å². The van der Waals surface area contributed by atoms with Crippen LogP contribution in [0.3, 0.4) is 0 Å². The molecule has 1 N–H and O–H groups in total. The van der Waals surface area contributed by atoms with E-state index in [1.807, 2.05) is 0 Å². The lowest BCUT2D eigenvalue weighted by Gasteiger charge is -2.33. The maximum absolute atomic E-state index is 13.7. The summed E-state index contributed by atoms with van der Waals surface area (Å²) in [7, 11) is -2.65. The molecule has 0 atom stereocenters. The summed E-state index contributed by atoms with van der Waals surface area (Å²) in [6.07, 6.45) is 2.13. The highest BCUT2D eigenvalue weighted by atomic mass is 32.2. The molecule has 0 aliphatic carbocycles. The fourth-order valence-electron chi connectivity index (χ4n) is 3.04. The summed E-state index contributed by atoms with van der Waals surface area (Å²) in [5, 5.41) is 0. The van der Waals surface area contributed by atoms with Crippen molar-refractivity contribution >= 4 is 21.4 Å². The third-order valence-corrected chi connectivity index (χ3v) is 5.88. The molecule has 0 unspecified atom stereocenters. The number of ether oxygens (including phenoxy) is 1. The van der Waals surface area contributed by atoms with Crippen LogP contribution in [-0.2, 0) is 14.8 Å². The molecule has 0 radical (unpaired) electrons. The van der Waals surface area contributed by atoms with Crippen molar-refractivity contribution in [3.05, 3.63) is 54.1 Å². The Kier molecular flexibility index (Phi) is 5.43. The van der Waals surface area contributed by atoms with Gasteiger partial charge in [-0.2, -0.15) is 0 Å². The van der Waals surface area contributed by atoms with Crippen molar-refractivity contribution in [3.8, 4) is 0 Å². The maximum atomic E-state index is 13.7. The predicted octanol–water partition coefficient (Wildman–Crippen LogP) is 3.38. The lowest BCUT2D eigenvalue weighted by atomic mass is 10.1. The van der Waals surface area contributed by atoms with Gasteiger partial charge in [-0.25, -0.2) is 17.2 Å². The number of sulfonamides is 1. The van der Waals surface area contributed by atoms with Gasteiger partial charge in [0.2, 0.25) is 0 Å². The van der Waals surface area contributed by atoms with Crippen molar-refractivity contribution in [1.82, 2.24) is 0 Å². The van der Waals surface area contributed by atoms with Crippen LogP contribution in [0, 0.1) is 11.6 Å². The first-order chi connectivity index (χ1) is 12.4. The van der Waals surface area contributed by atoms with Gasteiger partial charge in [-0.15, -0.1) is 0 Å². The molecule has 0 bridgehead atoms. The number of benzene rings is 2. The molecule has 2 aromatic carbocycles. The van der Waals surface area contributed by atoms with E-state index in [2.05, 4.69) is 9.62 Å². The summed E-state index contributed by atoms with van der Waals surface area (Å²) in [5.74, 6) is -2.26. The van der Waals surface area contributed by atoms with Gasteiger partial charge in [0.25, 0.3) is 10.0 Å². The van der Waals surface area contributed by atoms with Gasteiger partial charge in [-0.05, 0) is 49.2 Å². The van der Waals surface area contributed by atoms with E-state index >= 15 is 0 Å². The molecule has 1 fully saturated rings. The van der Waals surface area contributed by atoms with Crippen LogP contribution < -0.4 is 9.62 Å². The molecule has 1 aliphatic rings. The summed E-state index contributed by atoms with van der Waals surface area (Å²) in [6.45, 7) is 1.70. The number of halogens is 2. The van der Waals surface area contributed by atoms with E-state index < -0.39 is 26.6 Å². The predicted molar refractivity (Wildman–Crippen MR) is 95.9 cm³/mol. The zero-order valence-electron chi connectivity index (χ0n) is 14.3. The van der Waals surface area contributed by atoms with Gasteiger partial charge in [0.1, 0.15) is 11.6 Å². The third-order valence-electron chi connectivity index (χ3n) is 4.45. The van der Waals surface area contributed by atoms with Gasteiger partial charge in [0.15, 0.2) is 4.90 Å². The molecule has 0 spiro atoms. The highest BCUT2D eigenvalue weighted by Crippen LogP contribution is 2.25. The van der Waals surface area contributed by atoms with Gasteiger partial charge < -0.3 is 9.64 Å². The van der Waals surface area contributed by atoms with E-state index in [1.165, 1.54) is 0 Å². The number of anilines is 2. The number of hydrogen-bond donors (Lipinski definition) is 1. The van der Waals surface area contributed by atoms with Gasteiger partial charge >= 0.3 is 0 Å². The maximum Gasteiger partial charge on any atom is 0.267 e. The first kappa shape index (κ1) is 18.6. The second-order valence-corrected chi connectivity index (χ2v) is 7.74. The summed E-state index contributed by atoms with van der Waals surface area (Å²) >= 11 is 0. The van der Waals surface area contributed by atoms with E-state index in [1.54, 1.807) is 31.4 Å². The molecular weight excluding hydrogens is 362 g/mol. The van der Waals surface area contributed by atoms with E-state index in [-0.39, 0.29) is 11.8 Å². The average molecular weight is 382 g/mol. The molecule has 140 valence electrons. The Bertz CT molecular complexity index is 844. The summed E-state index contributed by atoms with van der Waals surface area (Å²) in [4.78, 5) is 1.20. The number of methoxy groups -OCH3 is 1. The number of nitrogens with one attached hydrogen (secondary N) is 1. The molecule has 1 heterocycles. The average Bonchev–Trinajstić information content (AvgIpc) is 2.62. The fourth-order valence-corrected chi connectivity index (χ4v) is 4.23. The highest BCUT2D eigenvalue weighted by Gasteiger charge is 2.24. The Morgan fingerprint density at radius 2 is 1.62 bits per heavy atom. The second kappa shape index (κ2) is 7.59. The van der Waals surface area contributed by atoms with Crippen molar-refractivity contribution < 1.29 is 21.9 Å². The molecule has 8 heteroatoms. The highest BCUT2D eigenvalue weighted by molar-refractivity contribution is 7.92. The van der Waals surface area contributed by atoms with E-state index in [4.69, 9.17) is 4.74 Å². The minimum atomic E-state index is -4.35. The SMILES string of the molecule is COC1CCN(c2ccc(NS(=O)(=O)c3c(F)cccc3F)cc2)CC1. The smallest absolute Gasteiger partial charge is 0.267 e. The lowest BCUT2D eigenvalue weighted by Crippen LogP contribution is -2.36. The molecular formula is C18H20F2N2O3S. The number of piperidine rings is 1. The van der Waals surface area contributed by atoms with Crippen LogP contribution in [0.15, 0.2) is 47.4 Å². The monoisotopic (exact) mass is 382 g/mol. The number of nitrogens with zero attached hydrogens (tertiary/aromatic N) is 1. The van der Waals surface area contributed by atoms with Crippen LogP contribution in [-0.4, -0.2) is 34.7 Å². The van der Waals surface area contributed by atoms with E-state index in [0.29, 0.717) is 0 Å². The molecule has 2 aromatic rings. The first-order valence-electron chi connectivity index (χ1n) is 8.25. The Morgan fingerprint density at radius 1 is 1.04 bits per heavy atom. The molecule has 0 saturated carbocycles. The molecule has 0 amide bonds. The van der Waals surface area contributed by atoms with E-state index in [0.717, 1.165) is 49.8 Å². The van der Waals surface area contributed by atoms with Gasteiger partial charge in [-0.3, -0.25) is 4.72 Å². The minimum Gasteiger partial charge on any atom is -0.381 e.